The number of benzene rings is 1. The van der Waals surface area contributed by atoms with Crippen molar-refractivity contribution in [2.24, 2.45) is 0 Å². The van der Waals surface area contributed by atoms with E-state index in [4.69, 9.17) is 4.74 Å². The van der Waals surface area contributed by atoms with Crippen LogP contribution in [-0.4, -0.2) is 41.3 Å². The van der Waals surface area contributed by atoms with Crippen LogP contribution in [0.4, 0.5) is 18.9 Å². The molecule has 0 amide bonds. The third-order valence-corrected chi connectivity index (χ3v) is 4.10. The van der Waals surface area contributed by atoms with Gasteiger partial charge in [0.05, 0.1) is 24.5 Å². The van der Waals surface area contributed by atoms with Gasteiger partial charge in [-0.1, -0.05) is 6.07 Å². The molecular formula is C16H15F3N4O. The Balaban J connectivity index is 2.01. The average molecular weight is 336 g/mol. The number of aromatic nitrogens is 2. The van der Waals surface area contributed by atoms with Crippen LogP contribution < -0.4 is 4.90 Å². The van der Waals surface area contributed by atoms with E-state index in [1.807, 2.05) is 0 Å². The van der Waals surface area contributed by atoms with E-state index in [-0.39, 0.29) is 25.3 Å². The van der Waals surface area contributed by atoms with Crippen LogP contribution in [0.3, 0.4) is 0 Å². The first kappa shape index (κ1) is 16.3. The lowest BCUT2D eigenvalue weighted by atomic mass is 10.0. The summed E-state index contributed by atoms with van der Waals surface area (Å²) in [6.45, 7) is 0.881. The number of halogens is 3. The largest absolute Gasteiger partial charge is 0.418 e. The number of morpholine rings is 1. The topological polar surface area (TPSA) is 54.1 Å². The number of ether oxygens (including phenoxy) is 1. The fraction of sp³-hybridized carbons (Fsp3) is 0.375. The highest BCUT2D eigenvalue weighted by Crippen LogP contribution is 2.38. The van der Waals surface area contributed by atoms with Gasteiger partial charge in [0, 0.05) is 18.9 Å². The normalized spacial score (nSPS) is 21.5. The van der Waals surface area contributed by atoms with Crippen LogP contribution in [0, 0.1) is 11.3 Å². The quantitative estimate of drug-likeness (QED) is 0.846. The Morgan fingerprint density at radius 1 is 1.29 bits per heavy atom. The van der Waals surface area contributed by atoms with Crippen LogP contribution in [0.2, 0.25) is 0 Å². The Morgan fingerprint density at radius 3 is 2.67 bits per heavy atom. The van der Waals surface area contributed by atoms with Gasteiger partial charge in [-0.25, -0.2) is 4.68 Å². The molecule has 24 heavy (non-hydrogen) atoms. The highest BCUT2D eigenvalue weighted by Gasteiger charge is 2.54. The molecule has 126 valence electrons. The van der Waals surface area contributed by atoms with Gasteiger partial charge in [-0.15, -0.1) is 0 Å². The van der Waals surface area contributed by atoms with Crippen molar-refractivity contribution in [3.8, 4) is 11.8 Å². The zero-order valence-corrected chi connectivity index (χ0v) is 12.9. The van der Waals surface area contributed by atoms with Gasteiger partial charge in [-0.2, -0.15) is 23.5 Å². The Labute approximate surface area is 136 Å². The van der Waals surface area contributed by atoms with Gasteiger partial charge in [0.15, 0.2) is 5.60 Å². The lowest BCUT2D eigenvalue weighted by Gasteiger charge is -2.42. The lowest BCUT2D eigenvalue weighted by Crippen LogP contribution is -2.58. The third kappa shape index (κ3) is 2.71. The molecule has 1 fully saturated rings. The monoisotopic (exact) mass is 336 g/mol. The Hall–Kier alpha value is -2.53. The predicted octanol–water partition coefficient (Wildman–Crippen LogP) is 2.90. The standard InChI is InChI=1S/C16H15F3N4O/c1-15(16(17,18)19)11-22(8-9-24-15)13-4-2-5-14(12(13)10-20)23-7-3-6-21-23/h2-7H,8-9,11H2,1H3. The summed E-state index contributed by atoms with van der Waals surface area (Å²) in [5, 5.41) is 13.6. The minimum atomic E-state index is -4.49. The van der Waals surface area contributed by atoms with E-state index >= 15 is 0 Å². The van der Waals surface area contributed by atoms with Crippen molar-refractivity contribution in [3.63, 3.8) is 0 Å². The first-order valence-electron chi connectivity index (χ1n) is 7.34. The molecule has 2 aromatic rings. The molecule has 2 heterocycles. The minimum Gasteiger partial charge on any atom is -0.365 e. The fourth-order valence-electron chi connectivity index (χ4n) is 2.76. The van der Waals surface area contributed by atoms with Gasteiger partial charge in [0.2, 0.25) is 0 Å². The molecule has 0 spiro atoms. The van der Waals surface area contributed by atoms with Crippen LogP contribution in [0.5, 0.6) is 0 Å². The molecule has 8 heteroatoms. The minimum absolute atomic E-state index is 0.0626. The zero-order chi connectivity index (χ0) is 17.4. The van der Waals surface area contributed by atoms with Crippen molar-refractivity contribution >= 4 is 5.69 Å². The van der Waals surface area contributed by atoms with E-state index in [0.717, 1.165) is 6.92 Å². The van der Waals surface area contributed by atoms with Crippen LogP contribution in [0.25, 0.3) is 5.69 Å². The Morgan fingerprint density at radius 2 is 2.04 bits per heavy atom. The van der Waals surface area contributed by atoms with Gasteiger partial charge < -0.3 is 9.64 Å². The molecule has 5 nitrogen and oxygen atoms in total. The third-order valence-electron chi connectivity index (χ3n) is 4.10. The molecule has 1 aromatic heterocycles. The molecule has 0 radical (unpaired) electrons. The predicted molar refractivity (Wildman–Crippen MR) is 80.9 cm³/mol. The summed E-state index contributed by atoms with van der Waals surface area (Å²) >= 11 is 0. The second kappa shape index (κ2) is 5.83. The van der Waals surface area contributed by atoms with Crippen LogP contribution in [0.1, 0.15) is 12.5 Å². The van der Waals surface area contributed by atoms with E-state index in [0.29, 0.717) is 11.4 Å². The molecule has 1 aliphatic rings. The number of hydrogen-bond donors (Lipinski definition) is 0. The molecule has 0 bridgehead atoms. The van der Waals surface area contributed by atoms with E-state index in [1.54, 1.807) is 41.6 Å². The van der Waals surface area contributed by atoms with Gasteiger partial charge in [-0.3, -0.25) is 0 Å². The first-order valence-corrected chi connectivity index (χ1v) is 7.34. The number of nitriles is 1. The molecule has 0 N–H and O–H groups in total. The van der Waals surface area contributed by atoms with E-state index in [1.165, 1.54) is 4.68 Å². The molecule has 0 aliphatic carbocycles. The lowest BCUT2D eigenvalue weighted by molar-refractivity contribution is -0.272. The summed E-state index contributed by atoms with van der Waals surface area (Å²) in [7, 11) is 0. The molecular weight excluding hydrogens is 321 g/mol. The maximum atomic E-state index is 13.3. The summed E-state index contributed by atoms with van der Waals surface area (Å²) in [6.07, 6.45) is -1.24. The van der Waals surface area contributed by atoms with Crippen LogP contribution in [-0.2, 0) is 4.74 Å². The van der Waals surface area contributed by atoms with Crippen molar-refractivity contribution in [2.45, 2.75) is 18.7 Å². The van der Waals surface area contributed by atoms with E-state index in [9.17, 15) is 18.4 Å². The number of alkyl halides is 3. The number of nitrogens with zero attached hydrogens (tertiary/aromatic N) is 4. The van der Waals surface area contributed by atoms with Crippen molar-refractivity contribution in [2.75, 3.05) is 24.6 Å². The maximum absolute atomic E-state index is 13.3. The second-order valence-electron chi connectivity index (χ2n) is 5.73. The first-order chi connectivity index (χ1) is 11.4. The summed E-state index contributed by atoms with van der Waals surface area (Å²) in [5.41, 5.74) is -1.00. The molecule has 1 atom stereocenters. The number of rotatable bonds is 2. The smallest absolute Gasteiger partial charge is 0.365 e. The summed E-state index contributed by atoms with van der Waals surface area (Å²) in [4.78, 5) is 1.54. The number of hydrogen-bond acceptors (Lipinski definition) is 4. The highest BCUT2D eigenvalue weighted by molar-refractivity contribution is 5.67. The van der Waals surface area contributed by atoms with Gasteiger partial charge in [-0.05, 0) is 25.1 Å². The Kier molecular flexibility index (Phi) is 3.97. The van der Waals surface area contributed by atoms with E-state index < -0.39 is 11.8 Å². The van der Waals surface area contributed by atoms with Crippen LogP contribution >= 0.6 is 0 Å². The molecule has 1 saturated heterocycles. The fourth-order valence-corrected chi connectivity index (χ4v) is 2.76. The molecule has 0 saturated carbocycles. The van der Waals surface area contributed by atoms with Crippen molar-refractivity contribution in [3.05, 3.63) is 42.2 Å². The van der Waals surface area contributed by atoms with E-state index in [2.05, 4.69) is 11.2 Å². The summed E-state index contributed by atoms with van der Waals surface area (Å²) in [6, 6.07) is 8.86. The molecule has 1 aromatic carbocycles. The van der Waals surface area contributed by atoms with Gasteiger partial charge in [0.25, 0.3) is 0 Å². The van der Waals surface area contributed by atoms with Crippen molar-refractivity contribution in [1.29, 1.82) is 5.26 Å². The van der Waals surface area contributed by atoms with Crippen molar-refractivity contribution < 1.29 is 17.9 Å². The molecule has 3 rings (SSSR count). The molecule has 1 aliphatic heterocycles. The van der Waals surface area contributed by atoms with Crippen LogP contribution in [0.15, 0.2) is 36.7 Å². The van der Waals surface area contributed by atoms with Crippen molar-refractivity contribution in [1.82, 2.24) is 9.78 Å². The zero-order valence-electron chi connectivity index (χ0n) is 12.9. The van der Waals surface area contributed by atoms with Gasteiger partial charge >= 0.3 is 6.18 Å². The Bertz CT molecular complexity index is 767. The number of anilines is 1. The summed E-state index contributed by atoms with van der Waals surface area (Å²) in [5.74, 6) is 0. The second-order valence-corrected chi connectivity index (χ2v) is 5.73. The van der Waals surface area contributed by atoms with Gasteiger partial charge in [0.1, 0.15) is 11.6 Å². The highest BCUT2D eigenvalue weighted by atomic mass is 19.4. The molecule has 1 unspecified atom stereocenters. The average Bonchev–Trinajstić information content (AvgIpc) is 3.07. The SMILES string of the molecule is CC1(C(F)(F)F)CN(c2cccc(-n3cccn3)c2C#N)CCO1. The maximum Gasteiger partial charge on any atom is 0.418 e. The summed E-state index contributed by atoms with van der Waals surface area (Å²) < 4.78 is 46.3.